The summed E-state index contributed by atoms with van der Waals surface area (Å²) in [7, 11) is 0. The molecule has 2 N–H and O–H groups in total. The zero-order valence-corrected chi connectivity index (χ0v) is 10.7. The van der Waals surface area contributed by atoms with Crippen LogP contribution in [0.3, 0.4) is 0 Å². The fourth-order valence-corrected chi connectivity index (χ4v) is 2.18. The SMILES string of the molecule is O=C(O)CNC(=O)C1C(=O)c2cccc(C(F)(F)F)c2C1=O. The van der Waals surface area contributed by atoms with E-state index in [0.29, 0.717) is 6.07 Å². The number of carboxylic acids is 1. The van der Waals surface area contributed by atoms with E-state index < -0.39 is 58.8 Å². The van der Waals surface area contributed by atoms with Crippen molar-refractivity contribution in [2.45, 2.75) is 6.18 Å². The first-order chi connectivity index (χ1) is 10.1. The lowest BCUT2D eigenvalue weighted by Gasteiger charge is -2.10. The molecule has 1 aliphatic carbocycles. The van der Waals surface area contributed by atoms with Crippen molar-refractivity contribution >= 4 is 23.4 Å². The van der Waals surface area contributed by atoms with E-state index >= 15 is 0 Å². The minimum absolute atomic E-state index is 0.490. The summed E-state index contributed by atoms with van der Waals surface area (Å²) in [6.07, 6.45) is -4.85. The summed E-state index contributed by atoms with van der Waals surface area (Å²) in [4.78, 5) is 46.1. The highest BCUT2D eigenvalue weighted by Crippen LogP contribution is 2.38. The Kier molecular flexibility index (Phi) is 3.74. The predicted octanol–water partition coefficient (Wildman–Crippen LogP) is 0.901. The fourth-order valence-electron chi connectivity index (χ4n) is 2.18. The van der Waals surface area contributed by atoms with Gasteiger partial charge in [0.1, 0.15) is 6.54 Å². The molecule has 1 unspecified atom stereocenters. The number of halogens is 3. The topological polar surface area (TPSA) is 101 Å². The van der Waals surface area contributed by atoms with Gasteiger partial charge < -0.3 is 10.4 Å². The van der Waals surface area contributed by atoms with E-state index in [4.69, 9.17) is 5.11 Å². The van der Waals surface area contributed by atoms with Crippen LogP contribution in [-0.4, -0.2) is 35.1 Å². The monoisotopic (exact) mass is 315 g/mol. The molecular formula is C13H8F3NO5. The number of nitrogens with one attached hydrogen (secondary N) is 1. The van der Waals surface area contributed by atoms with Gasteiger partial charge in [0.2, 0.25) is 5.91 Å². The van der Waals surface area contributed by atoms with Crippen LogP contribution in [0.4, 0.5) is 13.2 Å². The molecule has 0 saturated heterocycles. The second kappa shape index (κ2) is 5.24. The number of carboxylic acid groups (broad SMARTS) is 1. The minimum atomic E-state index is -4.85. The smallest absolute Gasteiger partial charge is 0.417 e. The maximum Gasteiger partial charge on any atom is 0.417 e. The summed E-state index contributed by atoms with van der Waals surface area (Å²) in [5, 5.41) is 10.2. The number of rotatable bonds is 3. The number of carbonyl (C=O) groups is 4. The number of amides is 1. The first-order valence-electron chi connectivity index (χ1n) is 5.92. The minimum Gasteiger partial charge on any atom is -0.480 e. The van der Waals surface area contributed by atoms with E-state index in [-0.39, 0.29) is 0 Å². The standard InChI is InChI=1S/C13H8F3NO5/c14-13(15,16)6-3-1-2-5-8(6)11(21)9(10(5)20)12(22)17-4-7(18)19/h1-3,9H,4H2,(H,17,22)(H,18,19). The lowest BCUT2D eigenvalue weighted by molar-refractivity contribution is -0.138. The van der Waals surface area contributed by atoms with Gasteiger partial charge in [-0.05, 0) is 6.07 Å². The van der Waals surface area contributed by atoms with Gasteiger partial charge in [-0.3, -0.25) is 19.2 Å². The Morgan fingerprint density at radius 3 is 2.36 bits per heavy atom. The van der Waals surface area contributed by atoms with E-state index in [1.165, 1.54) is 0 Å². The molecular weight excluding hydrogens is 307 g/mol. The maximum absolute atomic E-state index is 12.9. The third-order valence-electron chi connectivity index (χ3n) is 3.08. The van der Waals surface area contributed by atoms with E-state index in [1.54, 1.807) is 0 Å². The highest BCUT2D eigenvalue weighted by molar-refractivity contribution is 6.35. The second-order valence-corrected chi connectivity index (χ2v) is 4.50. The molecule has 1 aliphatic rings. The van der Waals surface area contributed by atoms with Crippen molar-refractivity contribution in [2.24, 2.45) is 5.92 Å². The first-order valence-corrected chi connectivity index (χ1v) is 5.92. The zero-order valence-electron chi connectivity index (χ0n) is 10.7. The van der Waals surface area contributed by atoms with E-state index in [1.807, 2.05) is 5.32 Å². The lowest BCUT2D eigenvalue weighted by atomic mass is 10.0. The third kappa shape index (κ3) is 2.57. The van der Waals surface area contributed by atoms with Crippen molar-refractivity contribution in [1.29, 1.82) is 0 Å². The molecule has 0 spiro atoms. The Balaban J connectivity index is 2.42. The lowest BCUT2D eigenvalue weighted by Crippen LogP contribution is -2.39. The second-order valence-electron chi connectivity index (χ2n) is 4.50. The highest BCUT2D eigenvalue weighted by atomic mass is 19.4. The number of benzene rings is 1. The molecule has 0 aliphatic heterocycles. The summed E-state index contributed by atoms with van der Waals surface area (Å²) < 4.78 is 38.7. The number of fused-ring (bicyclic) bond motifs is 1. The van der Waals surface area contributed by atoms with E-state index in [9.17, 15) is 32.3 Å². The van der Waals surface area contributed by atoms with Crippen LogP contribution in [0.15, 0.2) is 18.2 Å². The van der Waals surface area contributed by atoms with Crippen molar-refractivity contribution in [2.75, 3.05) is 6.54 Å². The van der Waals surface area contributed by atoms with Gasteiger partial charge in [-0.1, -0.05) is 12.1 Å². The number of carbonyl (C=O) groups excluding carboxylic acids is 3. The van der Waals surface area contributed by atoms with Gasteiger partial charge in [-0.2, -0.15) is 13.2 Å². The Labute approximate surface area is 120 Å². The molecule has 9 heteroatoms. The van der Waals surface area contributed by atoms with Crippen LogP contribution in [0.5, 0.6) is 0 Å². The number of hydrogen-bond donors (Lipinski definition) is 2. The predicted molar refractivity (Wildman–Crippen MR) is 64.2 cm³/mol. The molecule has 6 nitrogen and oxygen atoms in total. The van der Waals surface area contributed by atoms with Gasteiger partial charge in [0.25, 0.3) is 0 Å². The van der Waals surface area contributed by atoms with Crippen LogP contribution in [0.25, 0.3) is 0 Å². The van der Waals surface area contributed by atoms with Gasteiger partial charge >= 0.3 is 12.1 Å². The van der Waals surface area contributed by atoms with Crippen molar-refractivity contribution in [3.63, 3.8) is 0 Å². The Hall–Kier alpha value is -2.71. The maximum atomic E-state index is 12.9. The number of ketones is 2. The molecule has 0 aromatic heterocycles. The van der Waals surface area contributed by atoms with E-state index in [2.05, 4.69) is 0 Å². The largest absolute Gasteiger partial charge is 0.480 e. The van der Waals surface area contributed by atoms with Crippen LogP contribution in [-0.2, 0) is 15.8 Å². The van der Waals surface area contributed by atoms with Crippen molar-refractivity contribution < 1.29 is 37.5 Å². The average Bonchev–Trinajstić information content (AvgIpc) is 2.67. The van der Waals surface area contributed by atoms with Gasteiger partial charge in [-0.25, -0.2) is 0 Å². The summed E-state index contributed by atoms with van der Waals surface area (Å²) >= 11 is 0. The van der Waals surface area contributed by atoms with Crippen molar-refractivity contribution in [3.05, 3.63) is 34.9 Å². The van der Waals surface area contributed by atoms with Gasteiger partial charge in [0.05, 0.1) is 5.56 Å². The molecule has 1 aromatic carbocycles. The molecule has 22 heavy (non-hydrogen) atoms. The van der Waals surface area contributed by atoms with Crippen LogP contribution in [0.2, 0.25) is 0 Å². The van der Waals surface area contributed by atoms with Crippen LogP contribution in [0, 0.1) is 5.92 Å². The molecule has 0 radical (unpaired) electrons. The fraction of sp³-hybridized carbons (Fsp3) is 0.231. The summed E-state index contributed by atoms with van der Waals surface area (Å²) in [6, 6.07) is 2.63. The average molecular weight is 315 g/mol. The number of alkyl halides is 3. The van der Waals surface area contributed by atoms with Gasteiger partial charge in [-0.15, -0.1) is 0 Å². The highest BCUT2D eigenvalue weighted by Gasteiger charge is 2.48. The Morgan fingerprint density at radius 1 is 1.18 bits per heavy atom. The summed E-state index contributed by atoms with van der Waals surface area (Å²) in [5.74, 6) is -7.00. The molecule has 0 fully saturated rings. The van der Waals surface area contributed by atoms with Crippen molar-refractivity contribution in [3.8, 4) is 0 Å². The number of aliphatic carboxylic acids is 1. The molecule has 1 atom stereocenters. The van der Waals surface area contributed by atoms with Crippen molar-refractivity contribution in [1.82, 2.24) is 5.32 Å². The van der Waals surface area contributed by atoms with Crippen LogP contribution >= 0.6 is 0 Å². The molecule has 2 rings (SSSR count). The quantitative estimate of drug-likeness (QED) is 0.807. The number of Topliss-reactive ketones (excluding diaryl/α,β-unsaturated/α-hetero) is 2. The Bertz CT molecular complexity index is 695. The Morgan fingerprint density at radius 2 is 1.82 bits per heavy atom. The summed E-state index contributed by atoms with van der Waals surface area (Å²) in [6.45, 7) is -0.849. The third-order valence-corrected chi connectivity index (χ3v) is 3.08. The van der Waals surface area contributed by atoms with Gasteiger partial charge in [0.15, 0.2) is 17.5 Å². The molecule has 0 saturated carbocycles. The van der Waals surface area contributed by atoms with E-state index in [0.717, 1.165) is 12.1 Å². The molecule has 0 heterocycles. The molecule has 116 valence electrons. The van der Waals surface area contributed by atoms with Crippen LogP contribution < -0.4 is 5.32 Å². The first kappa shape index (κ1) is 15.7. The molecule has 1 aromatic rings. The van der Waals surface area contributed by atoms with Crippen LogP contribution in [0.1, 0.15) is 26.3 Å². The summed E-state index contributed by atoms with van der Waals surface area (Å²) in [5.41, 5.74) is -2.64. The zero-order chi connectivity index (χ0) is 16.7. The van der Waals surface area contributed by atoms with Gasteiger partial charge in [0, 0.05) is 11.1 Å². The molecule has 0 bridgehead atoms. The molecule has 1 amide bonds. The number of hydrogen-bond acceptors (Lipinski definition) is 4. The normalized spacial score (nSPS) is 17.3.